The number of ether oxygens (including phenoxy) is 2. The van der Waals surface area contributed by atoms with Crippen molar-refractivity contribution < 1.29 is 9.47 Å². The summed E-state index contributed by atoms with van der Waals surface area (Å²) in [6, 6.07) is 0.388. The monoisotopic (exact) mass is 216 g/mol. The molecule has 0 aromatic rings. The normalized spacial score (nSPS) is 20.0. The first-order valence-electron chi connectivity index (χ1n) is 5.97. The predicted octanol–water partition coefficient (Wildman–Crippen LogP) is 0.809. The molecule has 0 spiro atoms. The highest BCUT2D eigenvalue weighted by molar-refractivity contribution is 4.74. The van der Waals surface area contributed by atoms with Crippen LogP contribution in [0.1, 0.15) is 26.7 Å². The van der Waals surface area contributed by atoms with Crippen LogP contribution < -0.4 is 5.73 Å². The lowest BCUT2D eigenvalue weighted by Crippen LogP contribution is -2.44. The molecule has 15 heavy (non-hydrogen) atoms. The van der Waals surface area contributed by atoms with Gasteiger partial charge in [0.1, 0.15) is 0 Å². The molecule has 1 rings (SSSR count). The fraction of sp³-hybridized carbons (Fsp3) is 1.00. The van der Waals surface area contributed by atoms with E-state index in [0.717, 1.165) is 32.5 Å². The molecule has 0 aromatic heterocycles. The number of nitrogens with two attached hydrogens (primary N) is 1. The minimum Gasteiger partial charge on any atom is -0.352 e. The lowest BCUT2D eigenvalue weighted by Gasteiger charge is -2.32. The van der Waals surface area contributed by atoms with Gasteiger partial charge < -0.3 is 15.2 Å². The Bertz CT molecular complexity index is 153. The number of rotatable bonds is 6. The van der Waals surface area contributed by atoms with Crippen LogP contribution in [0.15, 0.2) is 0 Å². The minimum absolute atomic E-state index is 0.0747. The molecule has 0 unspecified atom stereocenters. The molecule has 0 amide bonds. The summed E-state index contributed by atoms with van der Waals surface area (Å²) in [6.45, 7) is 8.41. The molecule has 1 aliphatic heterocycles. The summed E-state index contributed by atoms with van der Waals surface area (Å²) in [4.78, 5) is 2.37. The van der Waals surface area contributed by atoms with Crippen molar-refractivity contribution in [1.29, 1.82) is 0 Å². The first-order chi connectivity index (χ1) is 7.26. The second kappa shape index (κ2) is 7.17. The minimum atomic E-state index is -0.0747. The van der Waals surface area contributed by atoms with Gasteiger partial charge in [-0.1, -0.05) is 0 Å². The second-order valence-corrected chi connectivity index (χ2v) is 3.98. The van der Waals surface area contributed by atoms with Crippen LogP contribution in [0, 0.1) is 0 Å². The zero-order chi connectivity index (χ0) is 11.1. The average Bonchev–Trinajstić information content (AvgIpc) is 2.22. The summed E-state index contributed by atoms with van der Waals surface area (Å²) < 4.78 is 11.0. The highest BCUT2D eigenvalue weighted by Gasteiger charge is 2.19. The quantitative estimate of drug-likeness (QED) is 0.667. The molecule has 0 bridgehead atoms. The standard InChI is InChI=1S/C11H24N2O2/c1-3-14-11(15-4-2)9-13-7-5-10(12)6-8-13/h10-11H,3-9,12H2,1-2H3. The molecule has 0 radical (unpaired) electrons. The molecular formula is C11H24N2O2. The van der Waals surface area contributed by atoms with Crippen molar-refractivity contribution in [2.75, 3.05) is 32.8 Å². The largest absolute Gasteiger partial charge is 0.352 e. The second-order valence-electron chi connectivity index (χ2n) is 3.98. The van der Waals surface area contributed by atoms with Gasteiger partial charge in [-0.2, -0.15) is 0 Å². The first-order valence-corrected chi connectivity index (χ1v) is 5.97. The van der Waals surface area contributed by atoms with E-state index in [2.05, 4.69) is 4.90 Å². The lowest BCUT2D eigenvalue weighted by molar-refractivity contribution is -0.148. The predicted molar refractivity (Wildman–Crippen MR) is 60.7 cm³/mol. The van der Waals surface area contributed by atoms with Gasteiger partial charge in [0.05, 0.1) is 0 Å². The summed E-state index contributed by atoms with van der Waals surface area (Å²) in [7, 11) is 0. The maximum atomic E-state index is 5.86. The van der Waals surface area contributed by atoms with Crippen molar-refractivity contribution in [3.63, 3.8) is 0 Å². The SMILES string of the molecule is CCOC(CN1CCC(N)CC1)OCC. The van der Waals surface area contributed by atoms with E-state index >= 15 is 0 Å². The van der Waals surface area contributed by atoms with Gasteiger partial charge in [-0.3, -0.25) is 4.90 Å². The van der Waals surface area contributed by atoms with Crippen LogP contribution in [0.5, 0.6) is 0 Å². The molecule has 0 aromatic carbocycles. The van der Waals surface area contributed by atoms with Crippen LogP contribution >= 0.6 is 0 Å². The Hall–Kier alpha value is -0.160. The Morgan fingerprint density at radius 2 is 1.73 bits per heavy atom. The molecule has 1 fully saturated rings. The molecule has 0 aliphatic carbocycles. The van der Waals surface area contributed by atoms with Gasteiger partial charge in [-0.25, -0.2) is 0 Å². The van der Waals surface area contributed by atoms with Crippen molar-refractivity contribution in [2.45, 2.75) is 39.0 Å². The molecule has 0 saturated carbocycles. The van der Waals surface area contributed by atoms with E-state index in [9.17, 15) is 0 Å². The number of piperidine rings is 1. The summed E-state index contributed by atoms with van der Waals surface area (Å²) in [5, 5.41) is 0. The first kappa shape index (κ1) is 12.9. The lowest BCUT2D eigenvalue weighted by atomic mass is 10.1. The highest BCUT2D eigenvalue weighted by Crippen LogP contribution is 2.10. The molecule has 1 saturated heterocycles. The zero-order valence-electron chi connectivity index (χ0n) is 9.95. The van der Waals surface area contributed by atoms with Gasteiger partial charge in [-0.15, -0.1) is 0 Å². The van der Waals surface area contributed by atoms with Crippen molar-refractivity contribution in [3.8, 4) is 0 Å². The molecule has 90 valence electrons. The van der Waals surface area contributed by atoms with Gasteiger partial charge in [-0.05, 0) is 39.8 Å². The maximum Gasteiger partial charge on any atom is 0.170 e. The van der Waals surface area contributed by atoms with E-state index in [1.54, 1.807) is 0 Å². The van der Waals surface area contributed by atoms with E-state index in [-0.39, 0.29) is 6.29 Å². The fourth-order valence-corrected chi connectivity index (χ4v) is 1.87. The maximum absolute atomic E-state index is 5.86. The molecule has 4 nitrogen and oxygen atoms in total. The van der Waals surface area contributed by atoms with Crippen LogP contribution in [-0.4, -0.2) is 50.1 Å². The van der Waals surface area contributed by atoms with Crippen molar-refractivity contribution in [1.82, 2.24) is 4.90 Å². The molecular weight excluding hydrogens is 192 g/mol. The molecule has 1 heterocycles. The fourth-order valence-electron chi connectivity index (χ4n) is 1.87. The van der Waals surface area contributed by atoms with Crippen molar-refractivity contribution >= 4 is 0 Å². The summed E-state index contributed by atoms with van der Waals surface area (Å²) in [6.07, 6.45) is 2.10. The Morgan fingerprint density at radius 3 is 2.20 bits per heavy atom. The van der Waals surface area contributed by atoms with Gasteiger partial charge in [0.15, 0.2) is 6.29 Å². The Balaban J connectivity index is 2.24. The van der Waals surface area contributed by atoms with Crippen molar-refractivity contribution in [3.05, 3.63) is 0 Å². The third-order valence-corrected chi connectivity index (χ3v) is 2.74. The zero-order valence-corrected chi connectivity index (χ0v) is 9.95. The molecule has 4 heteroatoms. The van der Waals surface area contributed by atoms with Gasteiger partial charge in [0.2, 0.25) is 0 Å². The summed E-state index contributed by atoms with van der Waals surface area (Å²) in [5.41, 5.74) is 5.86. The third kappa shape index (κ3) is 4.93. The van der Waals surface area contributed by atoms with Crippen LogP contribution in [0.25, 0.3) is 0 Å². The van der Waals surface area contributed by atoms with Gasteiger partial charge in [0.25, 0.3) is 0 Å². The number of nitrogens with zero attached hydrogens (tertiary/aromatic N) is 1. The Morgan fingerprint density at radius 1 is 1.20 bits per heavy atom. The summed E-state index contributed by atoms with van der Waals surface area (Å²) >= 11 is 0. The van der Waals surface area contributed by atoms with Crippen LogP contribution in [-0.2, 0) is 9.47 Å². The topological polar surface area (TPSA) is 47.7 Å². The number of hydrogen-bond acceptors (Lipinski definition) is 4. The van der Waals surface area contributed by atoms with Gasteiger partial charge >= 0.3 is 0 Å². The smallest absolute Gasteiger partial charge is 0.170 e. The summed E-state index contributed by atoms with van der Waals surface area (Å²) in [5.74, 6) is 0. The van der Waals surface area contributed by atoms with Gasteiger partial charge in [0, 0.05) is 25.8 Å². The van der Waals surface area contributed by atoms with Crippen LogP contribution in [0.3, 0.4) is 0 Å². The van der Waals surface area contributed by atoms with E-state index in [1.807, 2.05) is 13.8 Å². The van der Waals surface area contributed by atoms with E-state index in [1.165, 1.54) is 0 Å². The molecule has 0 atom stereocenters. The number of hydrogen-bond donors (Lipinski definition) is 1. The van der Waals surface area contributed by atoms with Crippen LogP contribution in [0.4, 0.5) is 0 Å². The highest BCUT2D eigenvalue weighted by atomic mass is 16.7. The average molecular weight is 216 g/mol. The third-order valence-electron chi connectivity index (χ3n) is 2.74. The van der Waals surface area contributed by atoms with Crippen molar-refractivity contribution in [2.24, 2.45) is 5.73 Å². The Kier molecular flexibility index (Phi) is 6.17. The van der Waals surface area contributed by atoms with E-state index in [0.29, 0.717) is 19.3 Å². The van der Waals surface area contributed by atoms with Crippen LogP contribution in [0.2, 0.25) is 0 Å². The molecule has 1 aliphatic rings. The number of likely N-dealkylation sites (tertiary alicyclic amines) is 1. The van der Waals surface area contributed by atoms with E-state index < -0.39 is 0 Å². The molecule has 2 N–H and O–H groups in total. The van der Waals surface area contributed by atoms with E-state index in [4.69, 9.17) is 15.2 Å². The Labute approximate surface area is 92.7 Å².